The van der Waals surface area contributed by atoms with Gasteiger partial charge in [-0.05, 0) is 60.2 Å². The Morgan fingerprint density at radius 3 is 2.45 bits per heavy atom. The average Bonchev–Trinajstić information content (AvgIpc) is 2.41. The summed E-state index contributed by atoms with van der Waals surface area (Å²) in [5.74, 6) is 0. The van der Waals surface area contributed by atoms with Crippen LogP contribution in [0.1, 0.15) is 24.1 Å². The Labute approximate surface area is 131 Å². The molecule has 5 heteroatoms. The predicted octanol–water partition coefficient (Wildman–Crippen LogP) is 4.68. The molecular formula is C15H15IN2O2. The van der Waals surface area contributed by atoms with Crippen LogP contribution in [0.15, 0.2) is 42.5 Å². The SMILES string of the molecule is Cc1c(NC(C)c2ccc(I)cc2)cccc1[N+](=O)[O-]. The fourth-order valence-corrected chi connectivity index (χ4v) is 2.41. The first kappa shape index (κ1) is 14.8. The van der Waals surface area contributed by atoms with Crippen molar-refractivity contribution < 1.29 is 4.92 Å². The highest BCUT2D eigenvalue weighted by molar-refractivity contribution is 14.1. The highest BCUT2D eigenvalue weighted by Crippen LogP contribution is 2.28. The van der Waals surface area contributed by atoms with Crippen molar-refractivity contribution >= 4 is 34.0 Å². The van der Waals surface area contributed by atoms with Gasteiger partial charge in [-0.2, -0.15) is 0 Å². The zero-order valence-electron chi connectivity index (χ0n) is 11.3. The molecule has 0 bridgehead atoms. The van der Waals surface area contributed by atoms with Crippen LogP contribution in [-0.2, 0) is 0 Å². The fourth-order valence-electron chi connectivity index (χ4n) is 2.05. The lowest BCUT2D eigenvalue weighted by molar-refractivity contribution is -0.385. The number of nitro groups is 1. The Bertz CT molecular complexity index is 626. The molecule has 0 saturated heterocycles. The molecule has 2 aromatic rings. The van der Waals surface area contributed by atoms with E-state index in [0.717, 1.165) is 11.3 Å². The van der Waals surface area contributed by atoms with E-state index in [1.165, 1.54) is 9.64 Å². The van der Waals surface area contributed by atoms with E-state index < -0.39 is 0 Å². The Kier molecular flexibility index (Phi) is 4.59. The zero-order valence-corrected chi connectivity index (χ0v) is 13.4. The first-order valence-electron chi connectivity index (χ1n) is 6.25. The highest BCUT2D eigenvalue weighted by atomic mass is 127. The number of nitro benzene ring substituents is 1. The van der Waals surface area contributed by atoms with Crippen LogP contribution in [0.2, 0.25) is 0 Å². The molecule has 0 saturated carbocycles. The van der Waals surface area contributed by atoms with E-state index in [1.807, 2.05) is 25.1 Å². The summed E-state index contributed by atoms with van der Waals surface area (Å²) in [5.41, 5.74) is 2.75. The van der Waals surface area contributed by atoms with Gasteiger partial charge in [-0.3, -0.25) is 10.1 Å². The van der Waals surface area contributed by atoms with Gasteiger partial charge >= 0.3 is 0 Å². The second-order valence-electron chi connectivity index (χ2n) is 4.62. The van der Waals surface area contributed by atoms with Crippen LogP contribution in [-0.4, -0.2) is 4.92 Å². The van der Waals surface area contributed by atoms with Crippen molar-refractivity contribution in [3.05, 3.63) is 67.3 Å². The lowest BCUT2D eigenvalue weighted by Gasteiger charge is -2.17. The van der Waals surface area contributed by atoms with E-state index in [9.17, 15) is 10.1 Å². The molecule has 2 aromatic carbocycles. The summed E-state index contributed by atoms with van der Waals surface area (Å²) in [6, 6.07) is 13.4. The third-order valence-electron chi connectivity index (χ3n) is 3.24. The normalized spacial score (nSPS) is 11.9. The third kappa shape index (κ3) is 3.27. The van der Waals surface area contributed by atoms with E-state index in [-0.39, 0.29) is 16.7 Å². The summed E-state index contributed by atoms with van der Waals surface area (Å²) in [4.78, 5) is 10.6. The molecule has 20 heavy (non-hydrogen) atoms. The Morgan fingerprint density at radius 1 is 1.20 bits per heavy atom. The summed E-state index contributed by atoms with van der Waals surface area (Å²) in [6.45, 7) is 3.81. The van der Waals surface area contributed by atoms with Crippen LogP contribution in [0.3, 0.4) is 0 Å². The van der Waals surface area contributed by atoms with Gasteiger partial charge < -0.3 is 5.32 Å². The van der Waals surface area contributed by atoms with Crippen LogP contribution in [0.5, 0.6) is 0 Å². The van der Waals surface area contributed by atoms with Gasteiger partial charge in [0.1, 0.15) is 0 Å². The number of hydrogen-bond acceptors (Lipinski definition) is 3. The van der Waals surface area contributed by atoms with Crippen molar-refractivity contribution in [1.29, 1.82) is 0 Å². The van der Waals surface area contributed by atoms with Gasteiger partial charge in [0.25, 0.3) is 5.69 Å². The summed E-state index contributed by atoms with van der Waals surface area (Å²) >= 11 is 2.26. The minimum atomic E-state index is -0.351. The minimum Gasteiger partial charge on any atom is -0.378 e. The van der Waals surface area contributed by atoms with Crippen LogP contribution in [0.25, 0.3) is 0 Å². The van der Waals surface area contributed by atoms with Gasteiger partial charge in [0.2, 0.25) is 0 Å². The summed E-state index contributed by atoms with van der Waals surface area (Å²) in [7, 11) is 0. The number of nitrogens with one attached hydrogen (secondary N) is 1. The van der Waals surface area contributed by atoms with Crippen LogP contribution in [0.4, 0.5) is 11.4 Å². The van der Waals surface area contributed by atoms with E-state index in [2.05, 4.69) is 40.0 Å². The van der Waals surface area contributed by atoms with Crippen molar-refractivity contribution in [2.24, 2.45) is 0 Å². The van der Waals surface area contributed by atoms with Crippen molar-refractivity contribution in [1.82, 2.24) is 0 Å². The highest BCUT2D eigenvalue weighted by Gasteiger charge is 2.14. The van der Waals surface area contributed by atoms with E-state index in [1.54, 1.807) is 13.0 Å². The number of halogens is 1. The van der Waals surface area contributed by atoms with Crippen molar-refractivity contribution in [2.45, 2.75) is 19.9 Å². The maximum absolute atomic E-state index is 10.9. The molecule has 104 valence electrons. The number of hydrogen-bond donors (Lipinski definition) is 1. The second kappa shape index (κ2) is 6.21. The first-order valence-corrected chi connectivity index (χ1v) is 7.33. The van der Waals surface area contributed by atoms with Crippen LogP contribution < -0.4 is 5.32 Å². The number of nitrogens with zero attached hydrogens (tertiary/aromatic N) is 1. The minimum absolute atomic E-state index is 0.0905. The molecule has 1 unspecified atom stereocenters. The topological polar surface area (TPSA) is 55.2 Å². The lowest BCUT2D eigenvalue weighted by Crippen LogP contribution is -2.08. The van der Waals surface area contributed by atoms with Gasteiger partial charge in [-0.15, -0.1) is 0 Å². The molecule has 0 amide bonds. The van der Waals surface area contributed by atoms with Crippen LogP contribution >= 0.6 is 22.6 Å². The molecule has 2 rings (SSSR count). The maximum atomic E-state index is 10.9. The molecule has 1 N–H and O–H groups in total. The van der Waals surface area contributed by atoms with Crippen molar-refractivity contribution in [3.63, 3.8) is 0 Å². The Balaban J connectivity index is 2.23. The maximum Gasteiger partial charge on any atom is 0.274 e. The summed E-state index contributed by atoms with van der Waals surface area (Å²) in [6.07, 6.45) is 0. The Morgan fingerprint density at radius 2 is 1.85 bits per heavy atom. The molecule has 0 aliphatic heterocycles. The molecule has 0 aliphatic carbocycles. The molecule has 0 aromatic heterocycles. The summed E-state index contributed by atoms with van der Waals surface area (Å²) in [5, 5.41) is 14.3. The predicted molar refractivity (Wildman–Crippen MR) is 89.0 cm³/mol. The van der Waals surface area contributed by atoms with E-state index in [0.29, 0.717) is 5.56 Å². The molecule has 0 radical (unpaired) electrons. The number of rotatable bonds is 4. The van der Waals surface area contributed by atoms with Gasteiger partial charge in [0.15, 0.2) is 0 Å². The fraction of sp³-hybridized carbons (Fsp3) is 0.200. The van der Waals surface area contributed by atoms with Crippen molar-refractivity contribution in [3.8, 4) is 0 Å². The smallest absolute Gasteiger partial charge is 0.274 e. The van der Waals surface area contributed by atoms with E-state index in [4.69, 9.17) is 0 Å². The quantitative estimate of drug-likeness (QED) is 0.475. The van der Waals surface area contributed by atoms with Gasteiger partial charge in [0, 0.05) is 26.9 Å². The monoisotopic (exact) mass is 382 g/mol. The molecule has 0 spiro atoms. The molecule has 0 aliphatic rings. The lowest BCUT2D eigenvalue weighted by atomic mass is 10.1. The molecular weight excluding hydrogens is 367 g/mol. The average molecular weight is 382 g/mol. The summed E-state index contributed by atoms with van der Waals surface area (Å²) < 4.78 is 1.19. The van der Waals surface area contributed by atoms with E-state index >= 15 is 0 Å². The zero-order chi connectivity index (χ0) is 14.7. The molecule has 4 nitrogen and oxygen atoms in total. The van der Waals surface area contributed by atoms with Gasteiger partial charge in [0.05, 0.1) is 4.92 Å². The standard InChI is InChI=1S/C15H15IN2O2/c1-10-14(4-3-5-15(10)18(19)20)17-11(2)12-6-8-13(16)9-7-12/h3-9,11,17H,1-2H3. The van der Waals surface area contributed by atoms with Gasteiger partial charge in [-0.1, -0.05) is 18.2 Å². The second-order valence-corrected chi connectivity index (χ2v) is 5.87. The molecule has 0 fully saturated rings. The number of benzene rings is 2. The van der Waals surface area contributed by atoms with Crippen LogP contribution in [0, 0.1) is 20.6 Å². The third-order valence-corrected chi connectivity index (χ3v) is 3.96. The van der Waals surface area contributed by atoms with Gasteiger partial charge in [-0.25, -0.2) is 0 Å². The largest absolute Gasteiger partial charge is 0.378 e. The molecule has 1 atom stereocenters. The first-order chi connectivity index (χ1) is 9.49. The Hall–Kier alpha value is -1.63. The molecule has 0 heterocycles. The van der Waals surface area contributed by atoms with Crippen molar-refractivity contribution in [2.75, 3.05) is 5.32 Å². The number of anilines is 1.